The van der Waals surface area contributed by atoms with Crippen molar-refractivity contribution in [1.82, 2.24) is 4.98 Å². The van der Waals surface area contributed by atoms with Crippen LogP contribution in [0.3, 0.4) is 0 Å². The van der Waals surface area contributed by atoms with E-state index in [0.717, 1.165) is 15.9 Å². The number of hydrogen-bond acceptors (Lipinski definition) is 6. The molecule has 1 aliphatic rings. The van der Waals surface area contributed by atoms with E-state index in [4.69, 9.17) is 0 Å². The number of azo groups is 1. The van der Waals surface area contributed by atoms with E-state index in [9.17, 15) is 4.79 Å². The van der Waals surface area contributed by atoms with Crippen molar-refractivity contribution in [2.75, 3.05) is 5.01 Å². The molecule has 1 aliphatic heterocycles. The normalized spacial score (nSPS) is 16.2. The van der Waals surface area contributed by atoms with Crippen LogP contribution in [0.2, 0.25) is 0 Å². The van der Waals surface area contributed by atoms with E-state index in [-0.39, 0.29) is 5.91 Å². The third-order valence-electron chi connectivity index (χ3n) is 5.54. The van der Waals surface area contributed by atoms with Crippen molar-refractivity contribution in [2.45, 2.75) is 33.7 Å². The molecule has 8 heteroatoms. The van der Waals surface area contributed by atoms with Crippen LogP contribution in [0.4, 0.5) is 10.8 Å². The second kappa shape index (κ2) is 8.29. The lowest BCUT2D eigenvalue weighted by atomic mass is 10.2. The average molecular weight is 456 g/mol. The zero-order chi connectivity index (χ0) is 23.1. The highest BCUT2D eigenvalue weighted by molar-refractivity contribution is 7.22. The predicted octanol–water partition coefficient (Wildman–Crippen LogP) is 5.37. The van der Waals surface area contributed by atoms with Crippen molar-refractivity contribution >= 4 is 44.0 Å². The zero-order valence-electron chi connectivity index (χ0n) is 18.9. The Balaban J connectivity index is 1.35. The van der Waals surface area contributed by atoms with E-state index >= 15 is 0 Å². The van der Waals surface area contributed by atoms with Gasteiger partial charge >= 0.3 is 0 Å². The summed E-state index contributed by atoms with van der Waals surface area (Å²) < 4.78 is 3.21. The summed E-state index contributed by atoms with van der Waals surface area (Å²) in [6.45, 7) is 8.08. The summed E-state index contributed by atoms with van der Waals surface area (Å²) >= 11 is 1.43. The quantitative estimate of drug-likeness (QED) is 0.306. The Bertz CT molecular complexity index is 1380. The molecule has 1 unspecified atom stereocenters. The van der Waals surface area contributed by atoms with Gasteiger partial charge in [-0.3, -0.25) is 4.79 Å². The Labute approximate surface area is 195 Å². The second-order valence-corrected chi connectivity index (χ2v) is 9.15. The summed E-state index contributed by atoms with van der Waals surface area (Å²) in [5, 5.41) is 14.9. The average Bonchev–Trinajstić information content (AvgIpc) is 3.33. The number of hydrogen-bond donors (Lipinski definition) is 0. The number of benzene rings is 2. The number of thiazole rings is 1. The maximum atomic E-state index is 13.0. The molecule has 0 radical (unpaired) electrons. The number of amides is 1. The summed E-state index contributed by atoms with van der Waals surface area (Å²) in [5.41, 5.74) is 6.76. The molecule has 2 aromatic heterocycles. The smallest absolute Gasteiger partial charge is 0.269 e. The molecule has 2 aromatic carbocycles. The van der Waals surface area contributed by atoms with E-state index in [1.54, 1.807) is 6.92 Å². The van der Waals surface area contributed by atoms with Crippen LogP contribution in [0.25, 0.3) is 15.9 Å². The minimum atomic E-state index is -0.743. The van der Waals surface area contributed by atoms with E-state index in [1.165, 1.54) is 33.3 Å². The van der Waals surface area contributed by atoms with Crippen molar-refractivity contribution in [3.05, 3.63) is 77.6 Å². The fourth-order valence-corrected chi connectivity index (χ4v) is 5.01. The lowest BCUT2D eigenvalue weighted by Crippen LogP contribution is -2.37. The van der Waals surface area contributed by atoms with Crippen LogP contribution in [0, 0.1) is 20.8 Å². The van der Waals surface area contributed by atoms with Crippen molar-refractivity contribution in [1.29, 1.82) is 0 Å². The summed E-state index contributed by atoms with van der Waals surface area (Å²) in [6.07, 6.45) is 0. The van der Waals surface area contributed by atoms with Crippen LogP contribution < -0.4 is 9.58 Å². The Morgan fingerprint density at radius 3 is 2.36 bits per heavy atom. The highest BCUT2D eigenvalue weighted by Crippen LogP contribution is 2.31. The molecule has 4 aromatic rings. The first-order valence-electron chi connectivity index (χ1n) is 10.7. The number of anilines is 1. The lowest BCUT2D eigenvalue weighted by molar-refractivity contribution is -0.609. The van der Waals surface area contributed by atoms with Crippen molar-refractivity contribution in [3.63, 3.8) is 0 Å². The van der Waals surface area contributed by atoms with Crippen LogP contribution >= 0.6 is 11.3 Å². The molecule has 3 heterocycles. The third-order valence-corrected chi connectivity index (χ3v) is 6.55. The number of pyridine rings is 1. The van der Waals surface area contributed by atoms with Gasteiger partial charge in [-0.1, -0.05) is 23.5 Å². The number of carbonyl (C=O) groups excluding carboxylic acids is 1. The number of hydrazone groups is 1. The van der Waals surface area contributed by atoms with Gasteiger partial charge in [0.2, 0.25) is 10.8 Å². The van der Waals surface area contributed by atoms with Gasteiger partial charge < -0.3 is 0 Å². The van der Waals surface area contributed by atoms with Crippen molar-refractivity contribution in [3.8, 4) is 5.69 Å². The Hall–Kier alpha value is -3.78. The first kappa shape index (κ1) is 21.1. The molecule has 0 saturated carbocycles. The van der Waals surface area contributed by atoms with Crippen LogP contribution in [-0.2, 0) is 4.79 Å². The zero-order valence-corrected chi connectivity index (χ0v) is 19.7. The molecule has 0 aliphatic carbocycles. The molecule has 1 atom stereocenters. The van der Waals surface area contributed by atoms with Gasteiger partial charge in [-0.25, -0.2) is 4.98 Å². The number of carbonyl (C=O) groups is 1. The van der Waals surface area contributed by atoms with Crippen molar-refractivity contribution < 1.29 is 9.36 Å². The van der Waals surface area contributed by atoms with Gasteiger partial charge in [-0.2, -0.15) is 24.9 Å². The highest BCUT2D eigenvalue weighted by atomic mass is 32.1. The van der Waals surface area contributed by atoms with Crippen LogP contribution in [0.1, 0.15) is 23.9 Å². The van der Waals surface area contributed by atoms with Crippen molar-refractivity contribution in [2.24, 2.45) is 15.3 Å². The fraction of sp³-hybridized carbons (Fsp3) is 0.200. The molecule has 0 fully saturated rings. The Morgan fingerprint density at radius 1 is 0.970 bits per heavy atom. The minimum Gasteiger partial charge on any atom is -0.269 e. The Morgan fingerprint density at radius 2 is 1.67 bits per heavy atom. The number of para-hydroxylation sites is 1. The largest absolute Gasteiger partial charge is 0.282 e. The van der Waals surface area contributed by atoms with Crippen LogP contribution in [-0.4, -0.2) is 22.6 Å². The number of fused-ring (bicyclic) bond motifs is 1. The molecule has 0 spiro atoms. The third kappa shape index (κ3) is 3.93. The van der Waals surface area contributed by atoms with Gasteiger partial charge in [0.25, 0.3) is 5.91 Å². The molecule has 0 N–H and O–H groups in total. The van der Waals surface area contributed by atoms with E-state index in [1.807, 2.05) is 48.5 Å². The SMILES string of the molecule is CC1=NN(c2nc3ccccc3s2)C(=O)C1N=Nc1ccc(-[n+]2c(C)cc(C)cc2C)cc1. The number of nitrogens with zero attached hydrogens (tertiary/aromatic N) is 6. The monoisotopic (exact) mass is 455 g/mol. The molecular formula is C25H23N6OS+. The fourth-order valence-electron chi connectivity index (χ4n) is 4.08. The van der Waals surface area contributed by atoms with Gasteiger partial charge in [-0.15, -0.1) is 0 Å². The summed E-state index contributed by atoms with van der Waals surface area (Å²) in [5.74, 6) is -0.242. The summed E-state index contributed by atoms with van der Waals surface area (Å²) in [4.78, 5) is 17.5. The standard InChI is InChI=1S/C25H23N6OS/c1-15-13-16(2)30(17(3)14-15)20-11-9-19(10-12-20)27-28-23-18(4)29-31(24(23)32)25-26-21-7-5-6-8-22(21)33-25/h5-14,23H,1-4H3/q+1. The Kier molecular flexibility index (Phi) is 5.30. The number of aromatic nitrogens is 2. The molecule has 7 nitrogen and oxygen atoms in total. The molecule has 0 bridgehead atoms. The minimum absolute atomic E-state index is 0.242. The first-order chi connectivity index (χ1) is 15.9. The van der Waals surface area contributed by atoms with E-state index in [0.29, 0.717) is 16.5 Å². The molecule has 164 valence electrons. The topological polar surface area (TPSA) is 74.2 Å². The van der Waals surface area contributed by atoms with Gasteiger partial charge in [0.05, 0.1) is 21.6 Å². The molecular weight excluding hydrogens is 432 g/mol. The molecule has 5 rings (SSSR count). The highest BCUT2D eigenvalue weighted by Gasteiger charge is 2.36. The summed E-state index contributed by atoms with van der Waals surface area (Å²) in [6, 6.07) is 19.2. The van der Waals surface area contributed by atoms with E-state index < -0.39 is 6.04 Å². The lowest BCUT2D eigenvalue weighted by Gasteiger charge is -2.07. The maximum Gasteiger partial charge on any atom is 0.282 e. The summed E-state index contributed by atoms with van der Waals surface area (Å²) in [7, 11) is 0. The van der Waals surface area contributed by atoms with Crippen LogP contribution in [0.15, 0.2) is 76.0 Å². The second-order valence-electron chi connectivity index (χ2n) is 8.14. The maximum absolute atomic E-state index is 13.0. The van der Waals surface area contributed by atoms with Gasteiger partial charge in [0.15, 0.2) is 17.4 Å². The molecule has 1 amide bonds. The van der Waals surface area contributed by atoms with Gasteiger partial charge in [0.1, 0.15) is 0 Å². The first-order valence-corrected chi connectivity index (χ1v) is 11.5. The predicted molar refractivity (Wildman–Crippen MR) is 131 cm³/mol. The number of rotatable bonds is 4. The number of aryl methyl sites for hydroxylation is 3. The van der Waals surface area contributed by atoms with Gasteiger partial charge in [0, 0.05) is 38.1 Å². The van der Waals surface area contributed by atoms with E-state index in [2.05, 4.69) is 57.8 Å². The van der Waals surface area contributed by atoms with Gasteiger partial charge in [-0.05, 0) is 43.7 Å². The molecule has 0 saturated heterocycles. The van der Waals surface area contributed by atoms with Crippen LogP contribution in [0.5, 0.6) is 0 Å². The molecule has 33 heavy (non-hydrogen) atoms.